The average molecular weight is 2100 g/mol. The third kappa shape index (κ3) is 76.3. The summed E-state index contributed by atoms with van der Waals surface area (Å²) in [6, 6.07) is 10.1. The van der Waals surface area contributed by atoms with Crippen LogP contribution in [0.25, 0.3) is 21.8 Å². The van der Waals surface area contributed by atoms with Crippen molar-refractivity contribution in [2.24, 2.45) is 22.7 Å². The number of H-pyrrole nitrogens is 2. The first-order valence-electron chi connectivity index (χ1n) is 42.4. The first-order valence-corrected chi connectivity index (χ1v) is 55.3. The van der Waals surface area contributed by atoms with E-state index in [0.29, 0.717) is 25.8 Å². The van der Waals surface area contributed by atoms with Crippen molar-refractivity contribution in [3.63, 3.8) is 0 Å². The van der Waals surface area contributed by atoms with Crippen molar-refractivity contribution in [2.75, 3.05) is 105 Å². The van der Waals surface area contributed by atoms with E-state index in [1.54, 1.807) is 60.9 Å². The molecule has 0 radical (unpaired) electrons. The lowest BCUT2D eigenvalue weighted by Gasteiger charge is -2.29. The van der Waals surface area contributed by atoms with Gasteiger partial charge >= 0.3 is 41.8 Å². The zero-order chi connectivity index (χ0) is 105. The Bertz CT molecular complexity index is 4860. The van der Waals surface area contributed by atoms with Gasteiger partial charge in [0.05, 0.1) is 52.6 Å². The van der Waals surface area contributed by atoms with Gasteiger partial charge in [0, 0.05) is 53.1 Å². The molecule has 2 heterocycles. The van der Waals surface area contributed by atoms with Crippen LogP contribution in [-0.4, -0.2) is 350 Å². The van der Waals surface area contributed by atoms with Crippen LogP contribution in [0, 0.1) is 22.7 Å². The lowest BCUT2D eigenvalue weighted by molar-refractivity contribution is -0.143. The molecule has 4 aromatic rings. The third-order valence-electron chi connectivity index (χ3n) is 18.4. The average Bonchev–Trinajstić information content (AvgIpc) is 1.69. The van der Waals surface area contributed by atoms with Crippen LogP contribution in [0.4, 0.5) is 0 Å². The Morgan fingerprint density at radius 2 is 0.548 bits per heavy atom. The number of aliphatic carboxylic acids is 7. The zero-order valence-corrected chi connectivity index (χ0v) is 84.3. The van der Waals surface area contributed by atoms with Gasteiger partial charge in [0.1, 0.15) is 42.3 Å². The summed E-state index contributed by atoms with van der Waals surface area (Å²) in [6.45, 7) is 24.2. The maximum absolute atomic E-state index is 11.3. The maximum Gasteiger partial charge on any atom is 0.321 e. The van der Waals surface area contributed by atoms with Gasteiger partial charge in [-0.05, 0) is 162 Å². The standard InChI is InChI=1S/2C14H18N2O5S.C9H19NO5S.C9H21NO4S.4C8H17NO5S/c2*17-14(18)13(15-6-3-7-22(19,20)21)8-10-9-16-12-5-2-1-4-11(10)12;1-9(2,3)7(8(11)12)10-5-4-6-16(13,14)15;1-9(2,3)8(7-11)10-5-4-6-15(12,13)14;2*1-6(2)7(8(10)11)9-4-3-5-15(12,13)14;2*1-2-4-7(8(10)11)9-5-3-6-15(12,13)14/h2*1-2,4-5,9,13,15-16H,3,6-8H2,(H,17,18)(H,19,20,21);7,10H,4-6H2,1-3H3,(H,11,12)(H,13,14,15);8,10-11H,4-7H2,1-3H3,(H,12,13,14);2*6-7,9H,3-5H2,1-2H3,(H,10,11)(H,12,13,14);2*7,9H,2-6H2,1H3,(H,10,11)(H,12,13,14)/t2*13-;7-;8-;4*7-/m10011010/s1. The highest BCUT2D eigenvalue weighted by Gasteiger charge is 2.31. The van der Waals surface area contributed by atoms with E-state index in [2.05, 4.69) is 52.5 Å². The number of hydrogen-bond acceptors (Lipinski definition) is 32. The lowest BCUT2D eigenvalue weighted by Crippen LogP contribution is -2.47. The van der Waals surface area contributed by atoms with Crippen molar-refractivity contribution in [3.05, 3.63) is 72.1 Å². The number of para-hydroxylation sites is 2. The number of aliphatic hydroxyl groups excluding tert-OH is 1. The van der Waals surface area contributed by atoms with Crippen molar-refractivity contribution >= 4 is 145 Å². The van der Waals surface area contributed by atoms with Crippen LogP contribution >= 0.6 is 0 Å². The highest BCUT2D eigenvalue weighted by molar-refractivity contribution is 7.87. The van der Waals surface area contributed by atoms with E-state index in [-0.39, 0.29) is 180 Å². The van der Waals surface area contributed by atoms with Gasteiger partial charge in [-0.1, -0.05) is 132 Å². The van der Waals surface area contributed by atoms with E-state index in [1.807, 2.05) is 83.1 Å². The maximum atomic E-state index is 11.3. The highest BCUT2D eigenvalue weighted by atomic mass is 32.2. The summed E-state index contributed by atoms with van der Waals surface area (Å²) in [5.41, 5.74) is 3.10. The predicted octanol–water partition coefficient (Wildman–Crippen LogP) is 2.82. The SMILES string of the molecule is CC(C)(C)[C@@H](CO)NCCCS(=O)(=O)O.CC(C)(C)[C@@H](NCCCS(=O)(=O)O)C(=O)O.CC(C)[C@@H](NCCCS(=O)(=O)O)C(=O)O.CC(C)[C@H](NCCCS(=O)(=O)O)C(=O)O.CCC[C@@H](NCCCS(=O)(=O)O)C(=O)O.CCC[C@H](NCCCS(=O)(=O)O)C(=O)O.O=C(O)[C@@H](Cc1c[nH]c2ccccc12)NCCCS(=O)(=O)O.O=C(O)[C@H](Cc1c[nH]c2ccccc12)NCCCS(=O)(=O)O. The Morgan fingerprint density at radius 3 is 0.748 bits per heavy atom. The molecular weight excluding hydrogens is 1960 g/mol. The molecule has 0 spiro atoms. The largest absolute Gasteiger partial charge is 0.480 e. The van der Waals surface area contributed by atoms with Gasteiger partial charge in [0.2, 0.25) is 0 Å². The molecule has 0 saturated carbocycles. The number of nitrogens with one attached hydrogen (secondary N) is 10. The van der Waals surface area contributed by atoms with Crippen LogP contribution < -0.4 is 42.5 Å². The predicted molar refractivity (Wildman–Crippen MR) is 506 cm³/mol. The van der Waals surface area contributed by atoms with Gasteiger partial charge in [-0.15, -0.1) is 0 Å². The smallest absolute Gasteiger partial charge is 0.321 e. The molecule has 0 aliphatic rings. The molecule has 26 N–H and O–H groups in total. The van der Waals surface area contributed by atoms with Gasteiger partial charge < -0.3 is 93.4 Å². The number of aromatic amines is 2. The van der Waals surface area contributed by atoms with E-state index in [9.17, 15) is 111 Å². The third-order valence-corrected chi connectivity index (χ3v) is 24.9. The number of hydrogen-bond donors (Lipinski definition) is 26. The van der Waals surface area contributed by atoms with Crippen LogP contribution in [0.3, 0.4) is 0 Å². The molecule has 4 rings (SSSR count). The van der Waals surface area contributed by atoms with Crippen LogP contribution in [-0.2, 0) is 127 Å². The highest BCUT2D eigenvalue weighted by Crippen LogP contribution is 2.23. The first kappa shape index (κ1) is 134. The summed E-state index contributed by atoms with van der Waals surface area (Å²) >= 11 is 0. The molecule has 0 aliphatic heterocycles. The molecule has 0 saturated heterocycles. The van der Waals surface area contributed by atoms with Crippen molar-refractivity contribution in [2.45, 2.75) is 221 Å². The Hall–Kier alpha value is -7.27. The summed E-state index contributed by atoms with van der Waals surface area (Å²) in [5, 5.41) is 95.8. The zero-order valence-electron chi connectivity index (χ0n) is 77.8. The van der Waals surface area contributed by atoms with E-state index >= 15 is 0 Å². The Kier molecular flexibility index (Phi) is 66.6. The topological polar surface area (TPSA) is 844 Å². The second kappa shape index (κ2) is 67.1. The van der Waals surface area contributed by atoms with Crippen LogP contribution in [0.1, 0.15) is 171 Å². The number of carbonyl (C=O) groups is 7. The summed E-state index contributed by atoms with van der Waals surface area (Å²) in [6.07, 6.45) is 8.20. The monoisotopic (exact) mass is 2100 g/mol. The minimum atomic E-state index is -4.01. The van der Waals surface area contributed by atoms with Gasteiger partial charge in [0.25, 0.3) is 80.9 Å². The van der Waals surface area contributed by atoms with Gasteiger partial charge in [-0.2, -0.15) is 67.3 Å². The molecule has 0 unspecified atom stereocenters. The van der Waals surface area contributed by atoms with Crippen molar-refractivity contribution < 1.29 is 178 Å². The fourth-order valence-corrected chi connectivity index (χ4v) is 15.6. The van der Waals surface area contributed by atoms with Crippen LogP contribution in [0.15, 0.2) is 60.9 Å². The fourth-order valence-electron chi connectivity index (χ4n) is 11.5. The minimum Gasteiger partial charge on any atom is -0.480 e. The quantitative estimate of drug-likeness (QED) is 0.0223. The van der Waals surface area contributed by atoms with Gasteiger partial charge in [-0.25, -0.2) is 0 Å². The van der Waals surface area contributed by atoms with Gasteiger partial charge in [0.15, 0.2) is 0 Å². The molecule has 0 aliphatic carbocycles. The molecule has 8 atom stereocenters. The molecule has 2 aromatic heterocycles. The fraction of sp³-hybridized carbons (Fsp3) is 0.705. The Morgan fingerprint density at radius 1 is 0.319 bits per heavy atom. The Balaban J connectivity index is -0.000000731. The molecule has 788 valence electrons. The van der Waals surface area contributed by atoms with Crippen LogP contribution in [0.5, 0.6) is 0 Å². The number of benzene rings is 2. The lowest BCUT2D eigenvalue weighted by atomic mass is 9.87. The number of carboxylic acids is 7. The van der Waals surface area contributed by atoms with Crippen molar-refractivity contribution in [1.82, 2.24) is 52.5 Å². The number of aromatic nitrogens is 2. The molecular formula is C78H144N10O39S8. The first-order chi connectivity index (χ1) is 61.6. The van der Waals surface area contributed by atoms with E-state index in [4.69, 9.17) is 67.1 Å². The minimum absolute atomic E-state index is 0.00930. The van der Waals surface area contributed by atoms with Gasteiger partial charge in [-0.3, -0.25) is 70.0 Å². The molecule has 135 heavy (non-hydrogen) atoms. The number of rotatable bonds is 58. The number of fused-ring (bicyclic) bond motifs is 2. The Labute approximate surface area is 791 Å². The molecule has 57 heteroatoms. The summed E-state index contributed by atoms with van der Waals surface area (Å²) in [5.74, 6) is -9.74. The summed E-state index contributed by atoms with van der Waals surface area (Å²) in [4.78, 5) is 82.4. The number of carboxylic acid groups (broad SMARTS) is 7. The molecule has 0 amide bonds. The second-order valence-electron chi connectivity index (χ2n) is 33.4. The normalized spacial score (nSPS) is 14.0. The van der Waals surface area contributed by atoms with E-state index in [1.165, 1.54) is 0 Å². The second-order valence-corrected chi connectivity index (χ2v) is 46.0. The number of aliphatic hydroxyl groups is 1. The van der Waals surface area contributed by atoms with E-state index < -0.39 is 170 Å². The van der Waals surface area contributed by atoms with Crippen LogP contribution in [0.2, 0.25) is 0 Å². The molecule has 49 nitrogen and oxygen atoms in total. The molecule has 0 bridgehead atoms. The summed E-state index contributed by atoms with van der Waals surface area (Å²) < 4.78 is 235. The summed E-state index contributed by atoms with van der Waals surface area (Å²) in [7, 11) is -31.6. The van der Waals surface area contributed by atoms with E-state index in [0.717, 1.165) is 45.8 Å². The molecule has 0 fully saturated rings. The van der Waals surface area contributed by atoms with Crippen molar-refractivity contribution in [3.8, 4) is 0 Å². The van der Waals surface area contributed by atoms with Crippen molar-refractivity contribution in [1.29, 1.82) is 0 Å². The molecule has 2 aromatic carbocycles.